The summed E-state index contributed by atoms with van der Waals surface area (Å²) in [6.07, 6.45) is -0.216. The molecule has 0 spiro atoms. The summed E-state index contributed by atoms with van der Waals surface area (Å²) in [5.41, 5.74) is 0. The van der Waals surface area contributed by atoms with Crippen molar-refractivity contribution in [3.05, 3.63) is 12.2 Å². The van der Waals surface area contributed by atoms with E-state index in [0.717, 1.165) is 12.8 Å². The molecule has 2 aliphatic carbocycles. The Balaban J connectivity index is 1.78. The summed E-state index contributed by atoms with van der Waals surface area (Å²) in [6.45, 7) is 1.49. The smallest absolute Gasteiger partial charge is 0.382 e. The number of hydrogen-bond acceptors (Lipinski definition) is 2. The Hall–Kier alpha value is -0.550. The van der Waals surface area contributed by atoms with Crippen LogP contribution in [0.1, 0.15) is 19.8 Å². The Bertz CT molecular complexity index is 303. The first kappa shape index (κ1) is 12.9. The molecule has 5 atom stereocenters. The van der Waals surface area contributed by atoms with E-state index in [2.05, 4.69) is 17.5 Å². The molecular weight excluding hydrogens is 231 g/mol. The van der Waals surface area contributed by atoms with Gasteiger partial charge in [0.1, 0.15) is 0 Å². The van der Waals surface area contributed by atoms with Gasteiger partial charge in [-0.1, -0.05) is 12.2 Å². The summed E-state index contributed by atoms with van der Waals surface area (Å²) in [5, 5.41) is 11.7. The van der Waals surface area contributed by atoms with E-state index in [-0.39, 0.29) is 6.04 Å². The highest BCUT2D eigenvalue weighted by atomic mass is 19.4. The number of aliphatic hydroxyl groups excluding tert-OH is 1. The summed E-state index contributed by atoms with van der Waals surface area (Å²) >= 11 is 0. The number of hydrogen-bond donors (Lipinski definition) is 2. The zero-order chi connectivity index (χ0) is 12.6. The number of alkyl halides is 3. The van der Waals surface area contributed by atoms with Crippen LogP contribution in [0.4, 0.5) is 13.2 Å². The van der Waals surface area contributed by atoms with Crippen LogP contribution in [0, 0.1) is 17.8 Å². The van der Waals surface area contributed by atoms with Gasteiger partial charge in [0.2, 0.25) is 0 Å². The summed E-state index contributed by atoms with van der Waals surface area (Å²) in [7, 11) is 0. The summed E-state index contributed by atoms with van der Waals surface area (Å²) < 4.78 is 36.4. The molecule has 0 aromatic carbocycles. The van der Waals surface area contributed by atoms with Gasteiger partial charge in [-0.3, -0.25) is 0 Å². The molecule has 2 N–H and O–H groups in total. The van der Waals surface area contributed by atoms with Gasteiger partial charge in [0.05, 0.1) is 0 Å². The highest BCUT2D eigenvalue weighted by molar-refractivity contribution is 5.11. The van der Waals surface area contributed by atoms with Crippen LogP contribution >= 0.6 is 0 Å². The standard InChI is InChI=1S/C12H18F3NO/c1-7(16-6-11(17)12(13,14)15)10-5-8-2-3-9(10)4-8/h2-3,7-11,16-17H,4-6H2,1H3. The molecule has 0 aliphatic heterocycles. The van der Waals surface area contributed by atoms with E-state index in [0.29, 0.717) is 17.8 Å². The lowest BCUT2D eigenvalue weighted by molar-refractivity contribution is -0.202. The van der Waals surface area contributed by atoms with Gasteiger partial charge in [-0.15, -0.1) is 0 Å². The normalized spacial score (nSPS) is 35.2. The van der Waals surface area contributed by atoms with Crippen molar-refractivity contribution < 1.29 is 18.3 Å². The van der Waals surface area contributed by atoms with Crippen molar-refractivity contribution in [1.29, 1.82) is 0 Å². The van der Waals surface area contributed by atoms with Crippen molar-refractivity contribution in [2.45, 2.75) is 38.1 Å². The zero-order valence-electron chi connectivity index (χ0n) is 9.74. The Morgan fingerprint density at radius 2 is 2.06 bits per heavy atom. The van der Waals surface area contributed by atoms with E-state index in [1.165, 1.54) is 0 Å². The van der Waals surface area contributed by atoms with E-state index in [9.17, 15) is 13.2 Å². The van der Waals surface area contributed by atoms with Crippen molar-refractivity contribution >= 4 is 0 Å². The molecule has 0 aromatic heterocycles. The lowest BCUT2D eigenvalue weighted by Crippen LogP contribution is -2.44. The van der Waals surface area contributed by atoms with Crippen LogP contribution < -0.4 is 5.32 Å². The first-order valence-electron chi connectivity index (χ1n) is 6.04. The largest absolute Gasteiger partial charge is 0.415 e. The third kappa shape index (κ3) is 2.83. The van der Waals surface area contributed by atoms with E-state index in [4.69, 9.17) is 5.11 Å². The van der Waals surface area contributed by atoms with Crippen LogP contribution in [-0.2, 0) is 0 Å². The quantitative estimate of drug-likeness (QED) is 0.748. The number of nitrogens with one attached hydrogen (secondary N) is 1. The second kappa shape index (κ2) is 4.61. The lowest BCUT2D eigenvalue weighted by atomic mass is 9.87. The van der Waals surface area contributed by atoms with Crippen LogP contribution in [0.5, 0.6) is 0 Å². The maximum absolute atomic E-state index is 12.1. The van der Waals surface area contributed by atoms with Crippen LogP contribution in [0.15, 0.2) is 12.2 Å². The van der Waals surface area contributed by atoms with Gasteiger partial charge in [0.15, 0.2) is 6.10 Å². The first-order valence-corrected chi connectivity index (χ1v) is 6.04. The second-order valence-electron chi connectivity index (χ2n) is 5.20. The van der Waals surface area contributed by atoms with E-state index in [1.54, 1.807) is 0 Å². The van der Waals surface area contributed by atoms with E-state index in [1.807, 2.05) is 6.92 Å². The van der Waals surface area contributed by atoms with Crippen molar-refractivity contribution in [3.63, 3.8) is 0 Å². The van der Waals surface area contributed by atoms with E-state index < -0.39 is 18.8 Å². The van der Waals surface area contributed by atoms with Gasteiger partial charge in [-0.25, -0.2) is 0 Å². The number of fused-ring (bicyclic) bond motifs is 2. The van der Waals surface area contributed by atoms with E-state index >= 15 is 0 Å². The lowest BCUT2D eigenvalue weighted by Gasteiger charge is -2.27. The van der Waals surface area contributed by atoms with Crippen LogP contribution in [-0.4, -0.2) is 30.0 Å². The van der Waals surface area contributed by atoms with Crippen LogP contribution in [0.25, 0.3) is 0 Å². The maximum atomic E-state index is 12.1. The molecule has 0 aromatic rings. The number of allylic oxidation sites excluding steroid dienone is 2. The molecule has 0 saturated heterocycles. The minimum absolute atomic E-state index is 0.0203. The average Bonchev–Trinajstić information content (AvgIpc) is 2.85. The predicted octanol–water partition coefficient (Wildman–Crippen LogP) is 2.10. The Morgan fingerprint density at radius 1 is 1.35 bits per heavy atom. The fourth-order valence-electron chi connectivity index (χ4n) is 2.96. The van der Waals surface area contributed by atoms with Crippen molar-refractivity contribution in [1.82, 2.24) is 5.32 Å². The van der Waals surface area contributed by atoms with Crippen LogP contribution in [0.3, 0.4) is 0 Å². The molecule has 98 valence electrons. The molecule has 17 heavy (non-hydrogen) atoms. The molecule has 2 nitrogen and oxygen atoms in total. The molecule has 2 aliphatic rings. The number of rotatable bonds is 4. The summed E-state index contributed by atoms with van der Waals surface area (Å²) in [6, 6.07) is 0.0203. The van der Waals surface area contributed by atoms with Gasteiger partial charge in [0, 0.05) is 12.6 Å². The van der Waals surface area contributed by atoms with Gasteiger partial charge >= 0.3 is 6.18 Å². The molecule has 5 unspecified atom stereocenters. The number of aliphatic hydroxyl groups is 1. The Morgan fingerprint density at radius 3 is 2.53 bits per heavy atom. The number of halogens is 3. The molecule has 2 bridgehead atoms. The highest BCUT2D eigenvalue weighted by Gasteiger charge is 2.41. The Kier molecular flexibility index (Phi) is 3.50. The second-order valence-corrected chi connectivity index (χ2v) is 5.20. The highest BCUT2D eigenvalue weighted by Crippen LogP contribution is 2.44. The molecule has 0 amide bonds. The Labute approximate surface area is 98.9 Å². The third-order valence-electron chi connectivity index (χ3n) is 3.98. The molecule has 1 saturated carbocycles. The molecular formula is C12H18F3NO. The monoisotopic (exact) mass is 249 g/mol. The topological polar surface area (TPSA) is 32.3 Å². The summed E-state index contributed by atoms with van der Waals surface area (Å²) in [5.74, 6) is 1.53. The average molecular weight is 249 g/mol. The van der Waals surface area contributed by atoms with Crippen molar-refractivity contribution in [3.8, 4) is 0 Å². The van der Waals surface area contributed by atoms with Crippen molar-refractivity contribution in [2.24, 2.45) is 17.8 Å². The molecule has 2 rings (SSSR count). The van der Waals surface area contributed by atoms with Gasteiger partial charge in [0.25, 0.3) is 0 Å². The van der Waals surface area contributed by atoms with Gasteiger partial charge in [-0.05, 0) is 37.5 Å². The van der Waals surface area contributed by atoms with Gasteiger partial charge < -0.3 is 10.4 Å². The fourth-order valence-corrected chi connectivity index (χ4v) is 2.96. The van der Waals surface area contributed by atoms with Crippen LogP contribution in [0.2, 0.25) is 0 Å². The minimum Gasteiger partial charge on any atom is -0.382 e. The fraction of sp³-hybridized carbons (Fsp3) is 0.833. The SMILES string of the molecule is CC(NCC(O)C(F)(F)F)C1CC2C=CC1C2. The zero-order valence-corrected chi connectivity index (χ0v) is 9.74. The van der Waals surface area contributed by atoms with Gasteiger partial charge in [-0.2, -0.15) is 13.2 Å². The molecule has 1 fully saturated rings. The summed E-state index contributed by atoms with van der Waals surface area (Å²) in [4.78, 5) is 0. The minimum atomic E-state index is -4.53. The van der Waals surface area contributed by atoms with Crippen molar-refractivity contribution in [2.75, 3.05) is 6.54 Å². The first-order chi connectivity index (χ1) is 7.88. The maximum Gasteiger partial charge on any atom is 0.415 e. The molecule has 0 heterocycles. The molecule has 0 radical (unpaired) electrons. The predicted molar refractivity (Wildman–Crippen MR) is 58.4 cm³/mol. The third-order valence-corrected chi connectivity index (χ3v) is 3.98. The molecule has 5 heteroatoms.